The highest BCUT2D eigenvalue weighted by molar-refractivity contribution is 7.14. The number of amides is 1. The molecule has 134 valence electrons. The maximum Gasteiger partial charge on any atom is 0.257 e. The van der Waals surface area contributed by atoms with Gasteiger partial charge < -0.3 is 4.74 Å². The molecule has 0 bridgehead atoms. The third kappa shape index (κ3) is 3.71. The van der Waals surface area contributed by atoms with Gasteiger partial charge in [0.2, 0.25) is 5.88 Å². The maximum absolute atomic E-state index is 12.5. The van der Waals surface area contributed by atoms with Crippen molar-refractivity contribution < 1.29 is 9.53 Å². The molecule has 0 aliphatic carbocycles. The van der Waals surface area contributed by atoms with Crippen LogP contribution in [0.5, 0.6) is 5.88 Å². The monoisotopic (exact) mass is 387 g/mol. The zero-order chi connectivity index (χ0) is 18.8. The predicted octanol–water partition coefficient (Wildman–Crippen LogP) is 5.04. The van der Waals surface area contributed by atoms with Crippen LogP contribution in [-0.2, 0) is 0 Å². The Balaban J connectivity index is 1.84. The number of thiazole rings is 1. The second-order valence-electron chi connectivity index (χ2n) is 5.89. The molecule has 0 aliphatic heterocycles. The van der Waals surface area contributed by atoms with E-state index in [9.17, 15) is 4.79 Å². The van der Waals surface area contributed by atoms with E-state index in [1.165, 1.54) is 47.3 Å². The molecule has 0 saturated carbocycles. The zero-order valence-corrected chi connectivity index (χ0v) is 16.5. The maximum atomic E-state index is 12.5. The average Bonchev–Trinajstić information content (AvgIpc) is 3.07. The van der Waals surface area contributed by atoms with E-state index in [1.54, 1.807) is 0 Å². The van der Waals surface area contributed by atoms with E-state index in [1.807, 2.05) is 5.38 Å². The van der Waals surface area contributed by atoms with Crippen molar-refractivity contribution in [1.29, 1.82) is 0 Å². The fourth-order valence-corrected chi connectivity index (χ4v) is 3.47. The third-order valence-electron chi connectivity index (χ3n) is 4.30. The van der Waals surface area contributed by atoms with Gasteiger partial charge in [0.1, 0.15) is 5.15 Å². The van der Waals surface area contributed by atoms with E-state index in [-0.39, 0.29) is 16.9 Å². The summed E-state index contributed by atoms with van der Waals surface area (Å²) in [4.78, 5) is 21.0. The van der Waals surface area contributed by atoms with Gasteiger partial charge in [-0.15, -0.1) is 11.3 Å². The highest BCUT2D eigenvalue weighted by atomic mass is 35.5. The number of benzene rings is 1. The van der Waals surface area contributed by atoms with Crippen molar-refractivity contribution in [3.8, 4) is 17.1 Å². The highest BCUT2D eigenvalue weighted by Gasteiger charge is 2.14. The van der Waals surface area contributed by atoms with E-state index in [0.29, 0.717) is 10.7 Å². The van der Waals surface area contributed by atoms with Crippen LogP contribution in [0.3, 0.4) is 0 Å². The molecule has 0 aliphatic rings. The van der Waals surface area contributed by atoms with Gasteiger partial charge in [0.15, 0.2) is 5.13 Å². The molecule has 0 unspecified atom stereocenters. The topological polar surface area (TPSA) is 64.1 Å². The number of carbonyl (C=O) groups is 1. The van der Waals surface area contributed by atoms with Gasteiger partial charge in [0, 0.05) is 22.6 Å². The lowest BCUT2D eigenvalue weighted by Crippen LogP contribution is -2.12. The van der Waals surface area contributed by atoms with Gasteiger partial charge >= 0.3 is 0 Å². The van der Waals surface area contributed by atoms with E-state index < -0.39 is 0 Å². The first-order chi connectivity index (χ1) is 12.4. The van der Waals surface area contributed by atoms with Crippen LogP contribution >= 0.6 is 22.9 Å². The second-order valence-corrected chi connectivity index (χ2v) is 7.14. The summed E-state index contributed by atoms with van der Waals surface area (Å²) < 4.78 is 5.04. The number of carbonyl (C=O) groups excluding carboxylic acids is 1. The Morgan fingerprint density at radius 2 is 1.92 bits per heavy atom. The number of hydrogen-bond acceptors (Lipinski definition) is 5. The molecule has 2 heterocycles. The van der Waals surface area contributed by atoms with Crippen molar-refractivity contribution in [2.45, 2.75) is 20.8 Å². The molecule has 7 heteroatoms. The molecule has 0 spiro atoms. The van der Waals surface area contributed by atoms with Crippen LogP contribution in [-0.4, -0.2) is 23.0 Å². The Hall–Kier alpha value is -2.44. The molecule has 0 saturated heterocycles. The summed E-state index contributed by atoms with van der Waals surface area (Å²) in [6.45, 7) is 6.28. The number of aromatic nitrogens is 2. The van der Waals surface area contributed by atoms with Crippen molar-refractivity contribution >= 4 is 34.0 Å². The van der Waals surface area contributed by atoms with Crippen molar-refractivity contribution in [3.63, 3.8) is 0 Å². The number of aryl methyl sites for hydroxylation is 1. The summed E-state index contributed by atoms with van der Waals surface area (Å²) >= 11 is 7.30. The SMILES string of the molecule is COc1cc(C(=O)Nc2nc(-c3ccc(C)c(C)c3C)cs2)cc(Cl)n1. The van der Waals surface area contributed by atoms with Gasteiger partial charge in [-0.3, -0.25) is 10.1 Å². The molecule has 1 aromatic carbocycles. The lowest BCUT2D eigenvalue weighted by Gasteiger charge is -2.09. The number of halogens is 1. The summed E-state index contributed by atoms with van der Waals surface area (Å²) in [6, 6.07) is 7.16. The largest absolute Gasteiger partial charge is 0.481 e. The van der Waals surface area contributed by atoms with Crippen LogP contribution < -0.4 is 10.1 Å². The number of nitrogens with zero attached hydrogens (tertiary/aromatic N) is 2. The molecular formula is C19H18ClN3O2S. The third-order valence-corrected chi connectivity index (χ3v) is 5.25. The fraction of sp³-hybridized carbons (Fsp3) is 0.211. The van der Waals surface area contributed by atoms with E-state index in [0.717, 1.165) is 11.3 Å². The van der Waals surface area contributed by atoms with Gasteiger partial charge in [-0.25, -0.2) is 9.97 Å². The first kappa shape index (κ1) is 18.4. The van der Waals surface area contributed by atoms with Crippen LogP contribution in [0.2, 0.25) is 5.15 Å². The molecule has 0 atom stereocenters. The van der Waals surface area contributed by atoms with Gasteiger partial charge in [-0.05, 0) is 43.5 Å². The van der Waals surface area contributed by atoms with E-state index in [2.05, 4.69) is 48.2 Å². The van der Waals surface area contributed by atoms with Crippen molar-refractivity contribution in [3.05, 3.63) is 57.1 Å². The van der Waals surface area contributed by atoms with Crippen LogP contribution in [0.4, 0.5) is 5.13 Å². The molecule has 0 radical (unpaired) electrons. The fourth-order valence-electron chi connectivity index (χ4n) is 2.57. The Kier molecular flexibility index (Phi) is 5.25. The van der Waals surface area contributed by atoms with Crippen molar-refractivity contribution in [2.24, 2.45) is 0 Å². The van der Waals surface area contributed by atoms with Crippen LogP contribution in [0.1, 0.15) is 27.0 Å². The molecule has 26 heavy (non-hydrogen) atoms. The molecule has 3 aromatic rings. The minimum absolute atomic E-state index is 0.195. The minimum atomic E-state index is -0.315. The minimum Gasteiger partial charge on any atom is -0.481 e. The van der Waals surface area contributed by atoms with Gasteiger partial charge in [-0.2, -0.15) is 0 Å². The lowest BCUT2D eigenvalue weighted by molar-refractivity contribution is 0.102. The number of anilines is 1. The summed E-state index contributed by atoms with van der Waals surface area (Å²) in [6.07, 6.45) is 0. The quantitative estimate of drug-likeness (QED) is 0.636. The van der Waals surface area contributed by atoms with Gasteiger partial charge in [0.05, 0.1) is 12.8 Å². The summed E-state index contributed by atoms with van der Waals surface area (Å²) in [7, 11) is 1.47. The number of nitrogens with one attached hydrogen (secondary N) is 1. The van der Waals surface area contributed by atoms with Crippen LogP contribution in [0.15, 0.2) is 29.6 Å². The Labute approximate surface area is 161 Å². The van der Waals surface area contributed by atoms with Crippen LogP contribution in [0.25, 0.3) is 11.3 Å². The molecule has 5 nitrogen and oxygen atoms in total. The van der Waals surface area contributed by atoms with E-state index >= 15 is 0 Å². The predicted molar refractivity (Wildman–Crippen MR) is 106 cm³/mol. The Bertz CT molecular complexity index is 985. The Morgan fingerprint density at radius 1 is 1.15 bits per heavy atom. The van der Waals surface area contributed by atoms with Crippen LogP contribution in [0, 0.1) is 20.8 Å². The summed E-state index contributed by atoms with van der Waals surface area (Å²) in [5.41, 5.74) is 5.97. The number of rotatable bonds is 4. The van der Waals surface area contributed by atoms with Crippen molar-refractivity contribution in [1.82, 2.24) is 9.97 Å². The number of ether oxygens (including phenoxy) is 1. The average molecular weight is 388 g/mol. The molecular weight excluding hydrogens is 370 g/mol. The molecule has 1 amide bonds. The van der Waals surface area contributed by atoms with E-state index in [4.69, 9.17) is 16.3 Å². The first-order valence-electron chi connectivity index (χ1n) is 7.94. The standard InChI is InChI=1S/C19H18ClN3O2S/c1-10-5-6-14(12(3)11(10)2)15-9-26-19(21-15)23-18(24)13-7-16(20)22-17(8-13)25-4/h5-9H,1-4H3,(H,21,23,24). The van der Waals surface area contributed by atoms with Gasteiger partial charge in [-0.1, -0.05) is 23.7 Å². The summed E-state index contributed by atoms with van der Waals surface area (Å²) in [5.74, 6) is -0.0291. The molecule has 1 N–H and O–H groups in total. The van der Waals surface area contributed by atoms with Crippen molar-refractivity contribution in [2.75, 3.05) is 12.4 Å². The summed E-state index contributed by atoms with van der Waals surface area (Å²) in [5, 5.41) is 5.45. The number of methoxy groups -OCH3 is 1. The smallest absolute Gasteiger partial charge is 0.257 e. The second kappa shape index (κ2) is 7.43. The molecule has 0 fully saturated rings. The number of hydrogen-bond donors (Lipinski definition) is 1. The highest BCUT2D eigenvalue weighted by Crippen LogP contribution is 2.30. The normalized spacial score (nSPS) is 10.7. The number of pyridine rings is 1. The Morgan fingerprint density at radius 3 is 2.65 bits per heavy atom. The first-order valence-corrected chi connectivity index (χ1v) is 9.20. The molecule has 2 aromatic heterocycles. The zero-order valence-electron chi connectivity index (χ0n) is 14.9. The van der Waals surface area contributed by atoms with Gasteiger partial charge in [0.25, 0.3) is 5.91 Å². The molecule has 3 rings (SSSR count). The lowest BCUT2D eigenvalue weighted by atomic mass is 9.97.